The molecule has 20 heavy (non-hydrogen) atoms. The first-order chi connectivity index (χ1) is 9.79. The van der Waals surface area contributed by atoms with Crippen LogP contribution in [0.1, 0.15) is 31.2 Å². The molecule has 0 amide bonds. The molecule has 0 aliphatic heterocycles. The predicted molar refractivity (Wildman–Crippen MR) is 83.0 cm³/mol. The van der Waals surface area contributed by atoms with Crippen LogP contribution in [0.4, 0.5) is 0 Å². The van der Waals surface area contributed by atoms with E-state index in [1.165, 1.54) is 25.7 Å². The number of ether oxygens (including phenoxy) is 2. The van der Waals surface area contributed by atoms with Gasteiger partial charge in [0.25, 0.3) is 0 Å². The van der Waals surface area contributed by atoms with Gasteiger partial charge in [-0.05, 0) is 37.5 Å². The van der Waals surface area contributed by atoms with E-state index in [0.29, 0.717) is 11.8 Å². The van der Waals surface area contributed by atoms with Crippen molar-refractivity contribution < 1.29 is 9.47 Å². The van der Waals surface area contributed by atoms with Crippen molar-refractivity contribution >= 4 is 5.76 Å². The van der Waals surface area contributed by atoms with Crippen molar-refractivity contribution in [2.75, 3.05) is 13.2 Å². The molecule has 1 saturated carbocycles. The van der Waals surface area contributed by atoms with Gasteiger partial charge >= 0.3 is 0 Å². The molecule has 0 heterocycles. The maximum absolute atomic E-state index is 5.84. The van der Waals surface area contributed by atoms with E-state index in [0.717, 1.165) is 24.5 Å². The first-order valence-electron chi connectivity index (χ1n) is 7.39. The molecule has 0 saturated heterocycles. The molecule has 1 aromatic carbocycles. The molecule has 1 aromatic rings. The van der Waals surface area contributed by atoms with Crippen LogP contribution in [0.15, 0.2) is 49.8 Å². The van der Waals surface area contributed by atoms with Gasteiger partial charge in [-0.15, -0.1) is 0 Å². The topological polar surface area (TPSA) is 18.5 Å². The molecule has 1 fully saturated rings. The van der Waals surface area contributed by atoms with Gasteiger partial charge in [0.2, 0.25) is 0 Å². The second-order valence-corrected chi connectivity index (χ2v) is 5.49. The first-order valence-corrected chi connectivity index (χ1v) is 7.39. The van der Waals surface area contributed by atoms with Gasteiger partial charge in [-0.2, -0.15) is 0 Å². The molecule has 0 atom stereocenters. The van der Waals surface area contributed by atoms with Gasteiger partial charge in [0.1, 0.15) is 5.76 Å². The molecule has 2 rings (SSSR count). The van der Waals surface area contributed by atoms with E-state index < -0.39 is 0 Å². The average Bonchev–Trinajstić information content (AvgIpc) is 2.52. The molecular formula is C18H24O2. The van der Waals surface area contributed by atoms with Gasteiger partial charge in [-0.3, -0.25) is 0 Å². The predicted octanol–water partition coefficient (Wildman–Crippen LogP) is 4.64. The average molecular weight is 272 g/mol. The van der Waals surface area contributed by atoms with Crippen molar-refractivity contribution in [3.05, 3.63) is 55.3 Å². The van der Waals surface area contributed by atoms with E-state index in [1.54, 1.807) is 6.26 Å². The molecular weight excluding hydrogens is 248 g/mol. The zero-order chi connectivity index (χ0) is 14.2. The number of benzene rings is 1. The number of hydrogen-bond donors (Lipinski definition) is 0. The highest BCUT2D eigenvalue weighted by molar-refractivity contribution is 5.56. The standard InChI is InChI=1S/C18H24O2/c1-3-19-13-16-9-11-17(12-10-16)14-20-15(2)18-7-5-4-6-8-18/h3-8,16-17H,1-2,9-14H2. The summed E-state index contributed by atoms with van der Waals surface area (Å²) in [6.07, 6.45) is 6.42. The van der Waals surface area contributed by atoms with E-state index >= 15 is 0 Å². The summed E-state index contributed by atoms with van der Waals surface area (Å²) in [5.74, 6) is 2.11. The summed E-state index contributed by atoms with van der Waals surface area (Å²) in [6, 6.07) is 10.1. The van der Waals surface area contributed by atoms with Gasteiger partial charge in [0, 0.05) is 5.56 Å². The van der Waals surface area contributed by atoms with E-state index in [-0.39, 0.29) is 0 Å². The third-order valence-corrected chi connectivity index (χ3v) is 4.01. The molecule has 0 spiro atoms. The highest BCUT2D eigenvalue weighted by Crippen LogP contribution is 2.30. The van der Waals surface area contributed by atoms with Gasteiger partial charge in [0.15, 0.2) is 0 Å². The lowest BCUT2D eigenvalue weighted by molar-refractivity contribution is 0.120. The van der Waals surface area contributed by atoms with Crippen molar-refractivity contribution in [2.45, 2.75) is 25.7 Å². The van der Waals surface area contributed by atoms with Crippen molar-refractivity contribution in [3.8, 4) is 0 Å². The quantitative estimate of drug-likeness (QED) is 0.673. The Morgan fingerprint density at radius 2 is 1.65 bits per heavy atom. The van der Waals surface area contributed by atoms with E-state index in [2.05, 4.69) is 13.2 Å². The van der Waals surface area contributed by atoms with Crippen LogP contribution < -0.4 is 0 Å². The van der Waals surface area contributed by atoms with Crippen molar-refractivity contribution in [3.63, 3.8) is 0 Å². The molecule has 108 valence electrons. The molecule has 2 heteroatoms. The Kier molecular flexibility index (Phi) is 5.72. The fraction of sp³-hybridized carbons (Fsp3) is 0.444. The Bertz CT molecular complexity index is 416. The lowest BCUT2D eigenvalue weighted by atomic mass is 9.83. The molecule has 0 bridgehead atoms. The zero-order valence-corrected chi connectivity index (χ0v) is 12.1. The zero-order valence-electron chi connectivity index (χ0n) is 12.1. The lowest BCUT2D eigenvalue weighted by Crippen LogP contribution is -2.21. The minimum Gasteiger partial charge on any atom is -0.502 e. The molecule has 1 aliphatic rings. The monoisotopic (exact) mass is 272 g/mol. The van der Waals surface area contributed by atoms with Crippen LogP contribution in [0.3, 0.4) is 0 Å². The summed E-state index contributed by atoms with van der Waals surface area (Å²) >= 11 is 0. The smallest absolute Gasteiger partial charge is 0.119 e. The Morgan fingerprint density at radius 1 is 1.05 bits per heavy atom. The normalized spacial score (nSPS) is 22.0. The second kappa shape index (κ2) is 7.78. The summed E-state index contributed by atoms with van der Waals surface area (Å²) in [7, 11) is 0. The molecule has 2 nitrogen and oxygen atoms in total. The third-order valence-electron chi connectivity index (χ3n) is 4.01. The molecule has 0 aromatic heterocycles. The van der Waals surface area contributed by atoms with Crippen LogP contribution in [0.25, 0.3) is 5.76 Å². The second-order valence-electron chi connectivity index (χ2n) is 5.49. The van der Waals surface area contributed by atoms with E-state index in [1.807, 2.05) is 30.3 Å². The largest absolute Gasteiger partial charge is 0.502 e. The summed E-state index contributed by atoms with van der Waals surface area (Å²) in [5, 5.41) is 0. The summed E-state index contributed by atoms with van der Waals surface area (Å²) in [6.45, 7) is 9.19. The lowest BCUT2D eigenvalue weighted by Gasteiger charge is -2.28. The van der Waals surface area contributed by atoms with E-state index in [4.69, 9.17) is 9.47 Å². The van der Waals surface area contributed by atoms with Gasteiger partial charge in [-0.1, -0.05) is 43.5 Å². The first kappa shape index (κ1) is 14.7. The maximum Gasteiger partial charge on any atom is 0.119 e. The Labute approximate surface area is 122 Å². The van der Waals surface area contributed by atoms with Gasteiger partial charge in [0.05, 0.1) is 19.5 Å². The van der Waals surface area contributed by atoms with Crippen molar-refractivity contribution in [1.82, 2.24) is 0 Å². The van der Waals surface area contributed by atoms with Crippen LogP contribution in [0, 0.1) is 11.8 Å². The third kappa shape index (κ3) is 4.44. The fourth-order valence-electron chi connectivity index (χ4n) is 2.69. The summed E-state index contributed by atoms with van der Waals surface area (Å²) in [5.41, 5.74) is 1.07. The Morgan fingerprint density at radius 3 is 2.25 bits per heavy atom. The number of hydrogen-bond acceptors (Lipinski definition) is 2. The summed E-state index contributed by atoms with van der Waals surface area (Å²) in [4.78, 5) is 0. The van der Waals surface area contributed by atoms with Crippen molar-refractivity contribution in [2.24, 2.45) is 11.8 Å². The van der Waals surface area contributed by atoms with Gasteiger partial charge < -0.3 is 9.47 Å². The fourth-order valence-corrected chi connectivity index (χ4v) is 2.69. The van der Waals surface area contributed by atoms with Crippen LogP contribution in [0.2, 0.25) is 0 Å². The maximum atomic E-state index is 5.84. The van der Waals surface area contributed by atoms with Crippen LogP contribution in [0.5, 0.6) is 0 Å². The molecule has 1 aliphatic carbocycles. The highest BCUT2D eigenvalue weighted by Gasteiger charge is 2.22. The minimum absolute atomic E-state index is 0.649. The van der Waals surface area contributed by atoms with Crippen LogP contribution in [-0.2, 0) is 9.47 Å². The van der Waals surface area contributed by atoms with Crippen LogP contribution >= 0.6 is 0 Å². The van der Waals surface area contributed by atoms with Gasteiger partial charge in [-0.25, -0.2) is 0 Å². The molecule has 0 radical (unpaired) electrons. The van der Waals surface area contributed by atoms with Crippen molar-refractivity contribution in [1.29, 1.82) is 0 Å². The SMILES string of the molecule is C=COCC1CCC(COC(=C)c2ccccc2)CC1. The molecule has 0 unspecified atom stereocenters. The minimum atomic E-state index is 0.649. The molecule has 0 N–H and O–H groups in total. The Hall–Kier alpha value is -1.70. The van der Waals surface area contributed by atoms with Crippen LogP contribution in [-0.4, -0.2) is 13.2 Å². The Balaban J connectivity index is 1.68. The number of rotatable bonds is 7. The highest BCUT2D eigenvalue weighted by atomic mass is 16.5. The summed E-state index contributed by atoms with van der Waals surface area (Å²) < 4.78 is 11.1. The van der Waals surface area contributed by atoms with E-state index in [9.17, 15) is 0 Å².